The fraction of sp³-hybridized carbons (Fsp3) is 1.00. The Labute approximate surface area is 107 Å². The average Bonchev–Trinajstić information content (AvgIpc) is 2.38. The molecular formula is C16H30O. The van der Waals surface area contributed by atoms with Crippen LogP contribution in [0.3, 0.4) is 0 Å². The van der Waals surface area contributed by atoms with Gasteiger partial charge in [-0.05, 0) is 43.9 Å². The first-order chi connectivity index (χ1) is 8.21. The molecule has 0 aliphatic heterocycles. The zero-order valence-corrected chi connectivity index (χ0v) is 11.8. The maximum atomic E-state index is 6.22. The van der Waals surface area contributed by atoms with E-state index in [1.807, 2.05) is 0 Å². The highest BCUT2D eigenvalue weighted by molar-refractivity contribution is 4.84. The summed E-state index contributed by atoms with van der Waals surface area (Å²) < 4.78 is 6.22. The van der Waals surface area contributed by atoms with Gasteiger partial charge in [0.05, 0.1) is 6.10 Å². The van der Waals surface area contributed by atoms with Crippen LogP contribution in [-0.4, -0.2) is 12.7 Å². The molecule has 0 aromatic rings. The first-order valence-electron chi connectivity index (χ1n) is 7.82. The van der Waals surface area contributed by atoms with Gasteiger partial charge in [-0.25, -0.2) is 0 Å². The van der Waals surface area contributed by atoms with E-state index in [-0.39, 0.29) is 0 Å². The Hall–Kier alpha value is -0.0400. The molecule has 2 aliphatic carbocycles. The quantitative estimate of drug-likeness (QED) is 0.674. The topological polar surface area (TPSA) is 9.23 Å². The highest BCUT2D eigenvalue weighted by Crippen LogP contribution is 2.40. The summed E-state index contributed by atoms with van der Waals surface area (Å²) in [5, 5.41) is 0. The van der Waals surface area contributed by atoms with Gasteiger partial charge in [0, 0.05) is 6.61 Å². The lowest BCUT2D eigenvalue weighted by atomic mass is 9.72. The maximum Gasteiger partial charge on any atom is 0.0600 e. The molecule has 2 saturated carbocycles. The van der Waals surface area contributed by atoms with Crippen molar-refractivity contribution < 1.29 is 4.74 Å². The van der Waals surface area contributed by atoms with E-state index in [2.05, 4.69) is 13.8 Å². The summed E-state index contributed by atoms with van der Waals surface area (Å²) in [6.45, 7) is 5.78. The second kappa shape index (κ2) is 6.22. The summed E-state index contributed by atoms with van der Waals surface area (Å²) in [5.41, 5.74) is 0.465. The fourth-order valence-electron chi connectivity index (χ4n) is 3.60. The first-order valence-corrected chi connectivity index (χ1v) is 7.82. The average molecular weight is 238 g/mol. The van der Waals surface area contributed by atoms with Gasteiger partial charge in [0.25, 0.3) is 0 Å². The Balaban J connectivity index is 1.73. The van der Waals surface area contributed by atoms with E-state index in [4.69, 9.17) is 4.74 Å². The zero-order valence-electron chi connectivity index (χ0n) is 11.8. The van der Waals surface area contributed by atoms with Crippen molar-refractivity contribution in [2.45, 2.75) is 84.2 Å². The van der Waals surface area contributed by atoms with Crippen molar-refractivity contribution >= 4 is 0 Å². The van der Waals surface area contributed by atoms with Crippen LogP contribution in [-0.2, 0) is 4.74 Å². The normalized spacial score (nSPS) is 27.9. The molecule has 0 N–H and O–H groups in total. The van der Waals surface area contributed by atoms with Gasteiger partial charge in [-0.1, -0.05) is 45.4 Å². The molecule has 0 spiro atoms. The lowest BCUT2D eigenvalue weighted by Crippen LogP contribution is -2.35. The van der Waals surface area contributed by atoms with E-state index in [1.54, 1.807) is 0 Å². The fourth-order valence-corrected chi connectivity index (χ4v) is 3.60. The molecular weight excluding hydrogens is 208 g/mol. The van der Waals surface area contributed by atoms with Gasteiger partial charge in [-0.3, -0.25) is 0 Å². The molecule has 0 saturated heterocycles. The minimum Gasteiger partial charge on any atom is -0.378 e. The largest absolute Gasteiger partial charge is 0.378 e. The number of hydrogen-bond acceptors (Lipinski definition) is 1. The van der Waals surface area contributed by atoms with Crippen molar-refractivity contribution in [1.29, 1.82) is 0 Å². The SMILES string of the molecule is CC(OCC1CCCCC1)C1(C)CCCCC1. The van der Waals surface area contributed by atoms with Gasteiger partial charge < -0.3 is 4.74 Å². The van der Waals surface area contributed by atoms with Crippen LogP contribution in [0.4, 0.5) is 0 Å². The van der Waals surface area contributed by atoms with Crippen LogP contribution in [0.25, 0.3) is 0 Å². The molecule has 1 heteroatoms. The molecule has 0 radical (unpaired) electrons. The standard InChI is InChI=1S/C16H30O/c1-14(16(2)11-7-4-8-12-16)17-13-15-9-5-3-6-10-15/h14-15H,3-13H2,1-2H3. The molecule has 0 heterocycles. The Bertz CT molecular complexity index is 212. The summed E-state index contributed by atoms with van der Waals surface area (Å²) in [4.78, 5) is 0. The minimum absolute atomic E-state index is 0.463. The Morgan fingerprint density at radius 2 is 1.59 bits per heavy atom. The smallest absolute Gasteiger partial charge is 0.0600 e. The van der Waals surface area contributed by atoms with Gasteiger partial charge in [-0.15, -0.1) is 0 Å². The van der Waals surface area contributed by atoms with Gasteiger partial charge in [0.2, 0.25) is 0 Å². The van der Waals surface area contributed by atoms with Crippen LogP contribution in [0.5, 0.6) is 0 Å². The summed E-state index contributed by atoms with van der Waals surface area (Å²) in [6, 6.07) is 0. The van der Waals surface area contributed by atoms with Gasteiger partial charge >= 0.3 is 0 Å². The van der Waals surface area contributed by atoms with Crippen molar-refractivity contribution in [3.05, 3.63) is 0 Å². The highest BCUT2D eigenvalue weighted by atomic mass is 16.5. The van der Waals surface area contributed by atoms with Crippen LogP contribution in [0.1, 0.15) is 78.1 Å². The summed E-state index contributed by atoms with van der Waals surface area (Å²) in [7, 11) is 0. The monoisotopic (exact) mass is 238 g/mol. The van der Waals surface area contributed by atoms with Crippen LogP contribution in [0, 0.1) is 11.3 Å². The lowest BCUT2D eigenvalue weighted by molar-refractivity contribution is -0.0552. The number of hydrogen-bond donors (Lipinski definition) is 0. The van der Waals surface area contributed by atoms with E-state index in [1.165, 1.54) is 64.2 Å². The van der Waals surface area contributed by atoms with E-state index in [9.17, 15) is 0 Å². The molecule has 0 bridgehead atoms. The van der Waals surface area contributed by atoms with E-state index in [0.29, 0.717) is 11.5 Å². The number of ether oxygens (including phenoxy) is 1. The minimum atomic E-state index is 0.463. The predicted molar refractivity (Wildman–Crippen MR) is 73.2 cm³/mol. The molecule has 0 aromatic heterocycles. The molecule has 2 aliphatic rings. The molecule has 2 fully saturated rings. The highest BCUT2D eigenvalue weighted by Gasteiger charge is 2.33. The Morgan fingerprint density at radius 1 is 1.00 bits per heavy atom. The van der Waals surface area contributed by atoms with E-state index in [0.717, 1.165) is 12.5 Å². The van der Waals surface area contributed by atoms with Gasteiger partial charge in [0.1, 0.15) is 0 Å². The summed E-state index contributed by atoms with van der Waals surface area (Å²) in [5.74, 6) is 0.860. The maximum absolute atomic E-state index is 6.22. The lowest BCUT2D eigenvalue weighted by Gasteiger charge is -2.39. The molecule has 1 unspecified atom stereocenters. The van der Waals surface area contributed by atoms with Crippen LogP contribution < -0.4 is 0 Å². The molecule has 2 rings (SSSR count). The molecule has 100 valence electrons. The third-order valence-corrected chi connectivity index (χ3v) is 5.28. The van der Waals surface area contributed by atoms with Gasteiger partial charge in [0.15, 0.2) is 0 Å². The number of rotatable bonds is 4. The van der Waals surface area contributed by atoms with E-state index >= 15 is 0 Å². The Kier molecular flexibility index (Phi) is 4.90. The molecule has 17 heavy (non-hydrogen) atoms. The molecule has 1 nitrogen and oxygen atoms in total. The van der Waals surface area contributed by atoms with Crippen molar-refractivity contribution in [1.82, 2.24) is 0 Å². The van der Waals surface area contributed by atoms with E-state index < -0.39 is 0 Å². The van der Waals surface area contributed by atoms with Crippen molar-refractivity contribution in [3.63, 3.8) is 0 Å². The molecule has 1 atom stereocenters. The third kappa shape index (κ3) is 3.71. The summed E-state index contributed by atoms with van der Waals surface area (Å²) >= 11 is 0. The van der Waals surface area contributed by atoms with Crippen molar-refractivity contribution in [2.24, 2.45) is 11.3 Å². The second-order valence-electron chi connectivity index (χ2n) is 6.69. The van der Waals surface area contributed by atoms with Crippen LogP contribution in [0.15, 0.2) is 0 Å². The Morgan fingerprint density at radius 3 is 2.24 bits per heavy atom. The molecule has 0 amide bonds. The molecule has 0 aromatic carbocycles. The van der Waals surface area contributed by atoms with Crippen LogP contribution in [0.2, 0.25) is 0 Å². The third-order valence-electron chi connectivity index (χ3n) is 5.28. The van der Waals surface area contributed by atoms with Crippen molar-refractivity contribution in [3.8, 4) is 0 Å². The van der Waals surface area contributed by atoms with Crippen molar-refractivity contribution in [2.75, 3.05) is 6.61 Å². The first kappa shape index (κ1) is 13.4. The zero-order chi connectivity index (χ0) is 12.1. The second-order valence-corrected chi connectivity index (χ2v) is 6.69. The van der Waals surface area contributed by atoms with Gasteiger partial charge in [-0.2, -0.15) is 0 Å². The summed E-state index contributed by atoms with van der Waals surface area (Å²) in [6.07, 6.45) is 14.6. The van der Waals surface area contributed by atoms with Crippen LogP contribution >= 0.6 is 0 Å². The predicted octanol–water partition coefficient (Wildman–Crippen LogP) is 4.94.